The number of amides is 1. The smallest absolute Gasteiger partial charge is 0.344 e. The van der Waals surface area contributed by atoms with Gasteiger partial charge in [-0.25, -0.2) is 13.6 Å². The monoisotopic (exact) mass is 346 g/mol. The highest BCUT2D eigenvalue weighted by atomic mass is 19.1. The minimum atomic E-state index is -0.941. The summed E-state index contributed by atoms with van der Waals surface area (Å²) in [7, 11) is 0. The van der Waals surface area contributed by atoms with Gasteiger partial charge in [-0.05, 0) is 36.4 Å². The fraction of sp³-hybridized carbons (Fsp3) is 0.118. The summed E-state index contributed by atoms with van der Waals surface area (Å²) < 4.78 is 36.5. The minimum absolute atomic E-state index is 0.342. The number of hydrogen-bond acceptors (Lipinski definition) is 5. The van der Waals surface area contributed by atoms with E-state index >= 15 is 0 Å². The Bertz CT molecular complexity index is 796. The highest BCUT2D eigenvalue weighted by molar-refractivity contribution is 5.93. The number of nitrogens with one attached hydrogen (secondary N) is 1. The van der Waals surface area contributed by atoms with Crippen molar-refractivity contribution >= 4 is 17.6 Å². The maximum absolute atomic E-state index is 13.4. The van der Waals surface area contributed by atoms with E-state index in [4.69, 9.17) is 10.00 Å². The normalized spacial score (nSPS) is 9.80. The molecule has 0 aliphatic heterocycles. The summed E-state index contributed by atoms with van der Waals surface area (Å²) in [5, 5.41) is 10.6. The molecule has 0 saturated heterocycles. The van der Waals surface area contributed by atoms with Crippen LogP contribution in [0.15, 0.2) is 42.5 Å². The lowest BCUT2D eigenvalue weighted by atomic mass is 10.2. The predicted molar refractivity (Wildman–Crippen MR) is 82.6 cm³/mol. The molecule has 0 radical (unpaired) electrons. The van der Waals surface area contributed by atoms with Gasteiger partial charge in [0, 0.05) is 0 Å². The summed E-state index contributed by atoms with van der Waals surface area (Å²) in [6, 6.07) is 11.1. The highest BCUT2D eigenvalue weighted by Gasteiger charge is 2.14. The molecule has 0 saturated carbocycles. The molecule has 2 aromatic carbocycles. The van der Waals surface area contributed by atoms with Gasteiger partial charge in [0.1, 0.15) is 23.1 Å². The van der Waals surface area contributed by atoms with Crippen molar-refractivity contribution in [3.63, 3.8) is 0 Å². The van der Waals surface area contributed by atoms with Crippen LogP contribution in [-0.2, 0) is 14.3 Å². The Morgan fingerprint density at radius 1 is 1.04 bits per heavy atom. The van der Waals surface area contributed by atoms with Crippen molar-refractivity contribution in [2.75, 3.05) is 18.5 Å². The molecule has 0 fully saturated rings. The van der Waals surface area contributed by atoms with E-state index in [-0.39, 0.29) is 0 Å². The summed E-state index contributed by atoms with van der Waals surface area (Å²) in [6.45, 7) is -1.18. The van der Waals surface area contributed by atoms with Gasteiger partial charge in [0.05, 0.1) is 11.6 Å². The number of halogens is 2. The van der Waals surface area contributed by atoms with E-state index in [0.717, 1.165) is 18.2 Å². The second-order valence-electron chi connectivity index (χ2n) is 4.73. The zero-order valence-corrected chi connectivity index (χ0v) is 12.8. The lowest BCUT2D eigenvalue weighted by molar-refractivity contribution is -0.149. The van der Waals surface area contributed by atoms with E-state index in [1.807, 2.05) is 11.4 Å². The number of carbonyl (C=O) groups excluding carboxylic acids is 2. The first kappa shape index (κ1) is 17.9. The second kappa shape index (κ2) is 8.40. The molecule has 25 heavy (non-hydrogen) atoms. The molecule has 0 unspecified atom stereocenters. The topological polar surface area (TPSA) is 88.4 Å². The molecular formula is C17H12F2N2O4. The van der Waals surface area contributed by atoms with Crippen LogP contribution in [-0.4, -0.2) is 25.1 Å². The Labute approximate surface area is 141 Å². The van der Waals surface area contributed by atoms with Gasteiger partial charge in [-0.15, -0.1) is 0 Å². The maximum Gasteiger partial charge on any atom is 0.344 e. The fourth-order valence-electron chi connectivity index (χ4n) is 1.75. The highest BCUT2D eigenvalue weighted by Crippen LogP contribution is 2.17. The van der Waals surface area contributed by atoms with Crippen LogP contribution in [0, 0.1) is 23.0 Å². The van der Waals surface area contributed by atoms with E-state index in [1.54, 1.807) is 0 Å². The van der Waals surface area contributed by atoms with Gasteiger partial charge in [0.15, 0.2) is 13.2 Å². The van der Waals surface area contributed by atoms with Crippen molar-refractivity contribution in [2.24, 2.45) is 0 Å². The van der Waals surface area contributed by atoms with Crippen LogP contribution in [0.5, 0.6) is 5.75 Å². The third kappa shape index (κ3) is 5.28. The molecule has 1 amide bonds. The van der Waals surface area contributed by atoms with Gasteiger partial charge < -0.3 is 14.8 Å². The number of carbonyl (C=O) groups is 2. The van der Waals surface area contributed by atoms with Crippen LogP contribution >= 0.6 is 0 Å². The number of para-hydroxylation sites is 1. The van der Waals surface area contributed by atoms with Gasteiger partial charge in [-0.1, -0.05) is 6.07 Å². The van der Waals surface area contributed by atoms with E-state index in [0.29, 0.717) is 11.3 Å². The SMILES string of the molecule is N#Cc1ccc(OCC(=O)OCC(=O)Nc2c(F)cccc2F)cc1. The summed E-state index contributed by atoms with van der Waals surface area (Å²) in [4.78, 5) is 23.1. The third-order valence-corrected chi connectivity index (χ3v) is 2.93. The summed E-state index contributed by atoms with van der Waals surface area (Å²) in [5.41, 5.74) is -0.177. The van der Waals surface area contributed by atoms with Crippen LogP contribution in [0.25, 0.3) is 0 Å². The zero-order valence-electron chi connectivity index (χ0n) is 12.8. The van der Waals surface area contributed by atoms with Crippen molar-refractivity contribution in [1.82, 2.24) is 0 Å². The number of ether oxygens (including phenoxy) is 2. The Morgan fingerprint density at radius 3 is 2.28 bits per heavy atom. The molecule has 128 valence electrons. The van der Waals surface area contributed by atoms with Crippen LogP contribution < -0.4 is 10.1 Å². The third-order valence-electron chi connectivity index (χ3n) is 2.93. The lowest BCUT2D eigenvalue weighted by Gasteiger charge is -2.09. The van der Waals surface area contributed by atoms with Crippen LogP contribution in [0.4, 0.5) is 14.5 Å². The van der Waals surface area contributed by atoms with E-state index in [9.17, 15) is 18.4 Å². The van der Waals surface area contributed by atoms with Crippen molar-refractivity contribution in [2.45, 2.75) is 0 Å². The fourth-order valence-corrected chi connectivity index (χ4v) is 1.75. The van der Waals surface area contributed by atoms with E-state index in [1.165, 1.54) is 24.3 Å². The van der Waals surface area contributed by atoms with Gasteiger partial charge in [-0.2, -0.15) is 5.26 Å². The van der Waals surface area contributed by atoms with Crippen molar-refractivity contribution in [1.29, 1.82) is 5.26 Å². The summed E-state index contributed by atoms with van der Waals surface area (Å²) in [5.74, 6) is -3.27. The van der Waals surface area contributed by atoms with Gasteiger partial charge in [0.2, 0.25) is 0 Å². The molecule has 0 spiro atoms. The Morgan fingerprint density at radius 2 is 1.68 bits per heavy atom. The van der Waals surface area contributed by atoms with Crippen LogP contribution in [0.1, 0.15) is 5.56 Å². The quantitative estimate of drug-likeness (QED) is 0.812. The minimum Gasteiger partial charge on any atom is -0.482 e. The Kier molecular flexibility index (Phi) is 6.01. The average Bonchev–Trinajstić information content (AvgIpc) is 2.62. The Balaban J connectivity index is 1.77. The molecule has 0 bridgehead atoms. The van der Waals surface area contributed by atoms with Gasteiger partial charge in [0.25, 0.3) is 5.91 Å². The molecule has 2 rings (SSSR count). The number of rotatable bonds is 6. The maximum atomic E-state index is 13.4. The number of nitriles is 1. The second-order valence-corrected chi connectivity index (χ2v) is 4.73. The molecule has 6 nitrogen and oxygen atoms in total. The number of hydrogen-bond donors (Lipinski definition) is 1. The molecule has 0 heterocycles. The molecular weight excluding hydrogens is 334 g/mol. The van der Waals surface area contributed by atoms with Gasteiger partial charge in [-0.3, -0.25) is 4.79 Å². The lowest BCUT2D eigenvalue weighted by Crippen LogP contribution is -2.24. The number of esters is 1. The number of benzene rings is 2. The van der Waals surface area contributed by atoms with Crippen molar-refractivity contribution in [3.05, 3.63) is 59.7 Å². The standard InChI is InChI=1S/C17H12F2N2O4/c18-13-2-1-3-14(19)17(13)21-15(22)9-25-16(23)10-24-12-6-4-11(8-20)5-7-12/h1-7H,9-10H2,(H,21,22). The van der Waals surface area contributed by atoms with E-state index < -0.39 is 42.4 Å². The van der Waals surface area contributed by atoms with Crippen molar-refractivity contribution < 1.29 is 27.8 Å². The molecule has 1 N–H and O–H groups in total. The van der Waals surface area contributed by atoms with Crippen LogP contribution in [0.3, 0.4) is 0 Å². The first-order valence-electron chi connectivity index (χ1n) is 7.02. The molecule has 8 heteroatoms. The van der Waals surface area contributed by atoms with Crippen molar-refractivity contribution in [3.8, 4) is 11.8 Å². The summed E-state index contributed by atoms with van der Waals surface area (Å²) >= 11 is 0. The molecule has 0 aromatic heterocycles. The van der Waals surface area contributed by atoms with Crippen LogP contribution in [0.2, 0.25) is 0 Å². The molecule has 2 aromatic rings. The molecule has 0 aliphatic carbocycles. The van der Waals surface area contributed by atoms with Gasteiger partial charge >= 0.3 is 5.97 Å². The predicted octanol–water partition coefficient (Wildman–Crippen LogP) is 2.40. The molecule has 0 atom stereocenters. The summed E-state index contributed by atoms with van der Waals surface area (Å²) in [6.07, 6.45) is 0. The van der Waals surface area contributed by atoms with E-state index in [2.05, 4.69) is 4.74 Å². The number of nitrogens with zero attached hydrogens (tertiary/aromatic N) is 1. The zero-order chi connectivity index (χ0) is 18.2. The first-order chi connectivity index (χ1) is 12.0. The molecule has 0 aliphatic rings. The average molecular weight is 346 g/mol. The number of anilines is 1. The largest absolute Gasteiger partial charge is 0.482 e. The Hall–Kier alpha value is -3.47. The first-order valence-corrected chi connectivity index (χ1v) is 7.02.